The topological polar surface area (TPSA) is 58.6 Å². The zero-order valence-corrected chi connectivity index (χ0v) is 13.0. The number of carbonyl (C=O) groups is 2. The molecule has 0 aromatic heterocycles. The molecule has 0 radical (unpaired) electrons. The lowest BCUT2D eigenvalue weighted by molar-refractivity contribution is -0.119. The Morgan fingerprint density at radius 2 is 1.90 bits per heavy atom. The number of benzene rings is 1. The van der Waals surface area contributed by atoms with Gasteiger partial charge in [-0.05, 0) is 25.0 Å². The summed E-state index contributed by atoms with van der Waals surface area (Å²) in [5, 5.41) is 2.75. The van der Waals surface area contributed by atoms with Crippen LogP contribution in [0.15, 0.2) is 24.3 Å². The Morgan fingerprint density at radius 1 is 1.19 bits per heavy atom. The minimum Gasteiger partial charge on any atom is -0.495 e. The predicted molar refractivity (Wildman–Crippen MR) is 83.6 cm³/mol. The molecule has 5 heteroatoms. The molecular weight excluding hydrogens is 268 g/mol. The van der Waals surface area contributed by atoms with E-state index >= 15 is 0 Å². The number of methoxy groups -OCH3 is 1. The van der Waals surface area contributed by atoms with Crippen LogP contribution in [0.1, 0.15) is 32.6 Å². The number of nitrogens with zero attached hydrogens (tertiary/aromatic N) is 1. The highest BCUT2D eigenvalue weighted by Gasteiger charge is 2.14. The van der Waals surface area contributed by atoms with E-state index in [4.69, 9.17) is 4.74 Å². The molecule has 1 N–H and O–H groups in total. The minimum atomic E-state index is -0.0121. The summed E-state index contributed by atoms with van der Waals surface area (Å²) in [6, 6.07) is 7.47. The number of nitrogens with one attached hydrogen (secondary N) is 1. The molecule has 1 rings (SSSR count). The molecule has 0 bridgehead atoms. The first-order valence-corrected chi connectivity index (χ1v) is 7.20. The fraction of sp³-hybridized carbons (Fsp3) is 0.500. The van der Waals surface area contributed by atoms with Crippen molar-refractivity contribution in [3.05, 3.63) is 24.3 Å². The smallest absolute Gasteiger partial charge is 0.226 e. The van der Waals surface area contributed by atoms with Crippen LogP contribution in [0.25, 0.3) is 0 Å². The average molecular weight is 292 g/mol. The van der Waals surface area contributed by atoms with Gasteiger partial charge in [0, 0.05) is 26.9 Å². The van der Waals surface area contributed by atoms with E-state index in [9.17, 15) is 9.59 Å². The summed E-state index contributed by atoms with van der Waals surface area (Å²) in [4.78, 5) is 24.5. The second-order valence-electron chi connectivity index (χ2n) is 4.92. The lowest BCUT2D eigenvalue weighted by Gasteiger charge is -2.19. The second-order valence-corrected chi connectivity index (χ2v) is 4.92. The highest BCUT2D eigenvalue weighted by Crippen LogP contribution is 2.27. The quantitative estimate of drug-likeness (QED) is 0.748. The van der Waals surface area contributed by atoms with E-state index in [0.29, 0.717) is 18.7 Å². The van der Waals surface area contributed by atoms with Crippen molar-refractivity contribution < 1.29 is 14.3 Å². The Balaban J connectivity index is 2.36. The van der Waals surface area contributed by atoms with Crippen LogP contribution in [0.4, 0.5) is 5.69 Å². The van der Waals surface area contributed by atoms with Gasteiger partial charge in [-0.2, -0.15) is 0 Å². The summed E-state index contributed by atoms with van der Waals surface area (Å²) >= 11 is 0. The molecule has 21 heavy (non-hydrogen) atoms. The summed E-state index contributed by atoms with van der Waals surface area (Å²) in [6.07, 6.45) is 3.13. The zero-order valence-electron chi connectivity index (χ0n) is 13.0. The van der Waals surface area contributed by atoms with Gasteiger partial charge in [0.1, 0.15) is 5.75 Å². The normalized spacial score (nSPS) is 10.0. The Hall–Kier alpha value is -2.04. The van der Waals surface area contributed by atoms with Crippen molar-refractivity contribution in [1.29, 1.82) is 0 Å². The first-order chi connectivity index (χ1) is 10.1. The second kappa shape index (κ2) is 9.00. The first-order valence-electron chi connectivity index (χ1n) is 7.20. The van der Waals surface area contributed by atoms with Crippen molar-refractivity contribution in [3.63, 3.8) is 0 Å². The zero-order chi connectivity index (χ0) is 15.7. The lowest BCUT2D eigenvalue weighted by Crippen LogP contribution is -2.26. The van der Waals surface area contributed by atoms with Gasteiger partial charge in [0.05, 0.1) is 12.8 Å². The molecule has 1 aromatic carbocycles. The average Bonchev–Trinajstić information content (AvgIpc) is 2.49. The van der Waals surface area contributed by atoms with Crippen molar-refractivity contribution in [1.82, 2.24) is 5.32 Å². The van der Waals surface area contributed by atoms with Gasteiger partial charge < -0.3 is 15.0 Å². The maximum Gasteiger partial charge on any atom is 0.226 e. The molecule has 0 atom stereocenters. The molecule has 116 valence electrons. The molecule has 0 aliphatic rings. The molecule has 0 saturated heterocycles. The standard InChI is InChI=1S/C16H24N2O3/c1-13(19)17-12-8-4-5-11-16(20)18(2)14-9-6-7-10-15(14)21-3/h6-7,9-10H,4-5,8,11-12H2,1-3H3,(H,17,19). The van der Waals surface area contributed by atoms with Gasteiger partial charge in [-0.15, -0.1) is 0 Å². The van der Waals surface area contributed by atoms with E-state index < -0.39 is 0 Å². The van der Waals surface area contributed by atoms with Gasteiger partial charge in [-0.25, -0.2) is 0 Å². The molecule has 0 unspecified atom stereocenters. The van der Waals surface area contributed by atoms with Crippen LogP contribution in [0.2, 0.25) is 0 Å². The lowest BCUT2D eigenvalue weighted by atomic mass is 10.1. The Bertz CT molecular complexity index is 474. The molecule has 0 spiro atoms. The number of para-hydroxylation sites is 2. The van der Waals surface area contributed by atoms with Crippen LogP contribution >= 0.6 is 0 Å². The largest absolute Gasteiger partial charge is 0.495 e. The molecule has 0 aliphatic heterocycles. The van der Waals surface area contributed by atoms with Crippen molar-refractivity contribution in [2.45, 2.75) is 32.6 Å². The number of carbonyl (C=O) groups excluding carboxylic acids is 2. The van der Waals surface area contributed by atoms with Crippen molar-refractivity contribution in [2.75, 3.05) is 25.6 Å². The van der Waals surface area contributed by atoms with E-state index in [1.807, 2.05) is 24.3 Å². The van der Waals surface area contributed by atoms with E-state index in [2.05, 4.69) is 5.32 Å². The predicted octanol–water partition coefficient (Wildman–Crippen LogP) is 2.35. The summed E-state index contributed by atoms with van der Waals surface area (Å²) in [6.45, 7) is 2.18. The Kier molecular flexibility index (Phi) is 7.29. The molecule has 2 amide bonds. The number of anilines is 1. The molecule has 0 fully saturated rings. The first kappa shape index (κ1) is 17.0. The van der Waals surface area contributed by atoms with Crippen LogP contribution in [0.3, 0.4) is 0 Å². The van der Waals surface area contributed by atoms with Crippen molar-refractivity contribution in [2.24, 2.45) is 0 Å². The monoisotopic (exact) mass is 292 g/mol. The van der Waals surface area contributed by atoms with Gasteiger partial charge in [0.2, 0.25) is 11.8 Å². The van der Waals surface area contributed by atoms with Gasteiger partial charge in [-0.1, -0.05) is 18.6 Å². The van der Waals surface area contributed by atoms with Gasteiger partial charge in [-0.3, -0.25) is 9.59 Å². The summed E-state index contributed by atoms with van der Waals surface area (Å²) in [7, 11) is 3.36. The summed E-state index contributed by atoms with van der Waals surface area (Å²) in [5.41, 5.74) is 0.781. The number of unbranched alkanes of at least 4 members (excludes halogenated alkanes) is 2. The SMILES string of the molecule is COc1ccccc1N(C)C(=O)CCCCCNC(C)=O. The molecule has 0 saturated carbocycles. The Morgan fingerprint density at radius 3 is 2.57 bits per heavy atom. The third kappa shape index (κ3) is 5.85. The Labute approximate surface area is 126 Å². The van der Waals surface area contributed by atoms with Crippen LogP contribution in [0, 0.1) is 0 Å². The molecule has 0 heterocycles. The van der Waals surface area contributed by atoms with E-state index in [0.717, 1.165) is 24.9 Å². The van der Waals surface area contributed by atoms with Crippen molar-refractivity contribution in [3.8, 4) is 5.75 Å². The highest BCUT2D eigenvalue weighted by atomic mass is 16.5. The third-order valence-electron chi connectivity index (χ3n) is 3.26. The van der Waals surface area contributed by atoms with E-state index in [1.165, 1.54) is 6.92 Å². The highest BCUT2D eigenvalue weighted by molar-refractivity contribution is 5.94. The number of rotatable bonds is 8. The fourth-order valence-corrected chi connectivity index (χ4v) is 2.05. The number of amides is 2. The number of hydrogen-bond donors (Lipinski definition) is 1. The van der Waals surface area contributed by atoms with E-state index in [-0.39, 0.29) is 11.8 Å². The minimum absolute atomic E-state index is 0.0121. The molecule has 5 nitrogen and oxygen atoms in total. The van der Waals surface area contributed by atoms with E-state index in [1.54, 1.807) is 19.1 Å². The number of ether oxygens (including phenoxy) is 1. The molecule has 0 aliphatic carbocycles. The summed E-state index contributed by atoms with van der Waals surface area (Å²) < 4.78 is 5.26. The fourth-order valence-electron chi connectivity index (χ4n) is 2.05. The van der Waals surface area contributed by atoms with Crippen LogP contribution in [-0.2, 0) is 9.59 Å². The van der Waals surface area contributed by atoms with Gasteiger partial charge >= 0.3 is 0 Å². The van der Waals surface area contributed by atoms with Crippen LogP contribution in [0.5, 0.6) is 5.75 Å². The molecular formula is C16H24N2O3. The van der Waals surface area contributed by atoms with Crippen molar-refractivity contribution >= 4 is 17.5 Å². The maximum absolute atomic E-state index is 12.2. The van der Waals surface area contributed by atoms with Crippen LogP contribution < -0.4 is 15.0 Å². The maximum atomic E-state index is 12.2. The van der Waals surface area contributed by atoms with Gasteiger partial charge in [0.25, 0.3) is 0 Å². The van der Waals surface area contributed by atoms with Gasteiger partial charge in [0.15, 0.2) is 0 Å². The third-order valence-corrected chi connectivity index (χ3v) is 3.26. The number of hydrogen-bond acceptors (Lipinski definition) is 3. The molecule has 1 aromatic rings. The summed E-state index contributed by atoms with van der Waals surface area (Å²) in [5.74, 6) is 0.750. The van der Waals surface area contributed by atoms with Crippen LogP contribution in [-0.4, -0.2) is 32.5 Å².